The van der Waals surface area contributed by atoms with Crippen LogP contribution in [0.4, 0.5) is 5.69 Å². The number of rotatable bonds is 7. The van der Waals surface area contributed by atoms with Crippen molar-refractivity contribution < 1.29 is 14.4 Å². The van der Waals surface area contributed by atoms with Crippen LogP contribution in [0.15, 0.2) is 30.5 Å². The highest BCUT2D eigenvalue weighted by atomic mass is 16.2. The summed E-state index contributed by atoms with van der Waals surface area (Å²) in [6, 6.07) is 6.67. The molecule has 3 heterocycles. The van der Waals surface area contributed by atoms with Gasteiger partial charge in [-0.2, -0.15) is 0 Å². The highest BCUT2D eigenvalue weighted by Gasteiger charge is 2.59. The molecule has 37 heavy (non-hydrogen) atoms. The van der Waals surface area contributed by atoms with Crippen molar-refractivity contribution in [3.8, 4) is 0 Å². The molecule has 1 spiro atoms. The van der Waals surface area contributed by atoms with Crippen LogP contribution in [0.2, 0.25) is 0 Å². The van der Waals surface area contributed by atoms with Crippen molar-refractivity contribution in [2.24, 2.45) is 18.9 Å². The lowest BCUT2D eigenvalue weighted by Crippen LogP contribution is -2.53. The molecule has 1 fully saturated rings. The summed E-state index contributed by atoms with van der Waals surface area (Å²) in [7, 11) is 3.40. The smallest absolute Gasteiger partial charge is 0.302 e. The van der Waals surface area contributed by atoms with E-state index >= 15 is 0 Å². The van der Waals surface area contributed by atoms with E-state index in [1.54, 1.807) is 25.0 Å². The number of hydrogen-bond acceptors (Lipinski definition) is 5. The van der Waals surface area contributed by atoms with E-state index in [1.165, 1.54) is 9.80 Å². The Labute approximate surface area is 217 Å². The Kier molecular flexibility index (Phi) is 7.09. The topological polar surface area (TPSA) is 105 Å². The van der Waals surface area contributed by atoms with Gasteiger partial charge in [0.15, 0.2) is 0 Å². The number of hydrogen-bond donors (Lipinski definition) is 1. The zero-order valence-electron chi connectivity index (χ0n) is 22.3. The van der Waals surface area contributed by atoms with Crippen molar-refractivity contribution in [3.63, 3.8) is 0 Å². The molecular weight excluding hydrogens is 470 g/mol. The molecule has 196 valence electrons. The third-order valence-corrected chi connectivity index (χ3v) is 7.56. The molecule has 4 rings (SSSR count). The minimum Gasteiger partial charge on any atom is -0.333 e. The molecule has 1 aromatic carbocycles. The van der Waals surface area contributed by atoms with Gasteiger partial charge in [-0.1, -0.05) is 51.1 Å². The van der Waals surface area contributed by atoms with Gasteiger partial charge < -0.3 is 10.2 Å². The summed E-state index contributed by atoms with van der Waals surface area (Å²) in [4.78, 5) is 47.9. The van der Waals surface area contributed by atoms with Crippen LogP contribution in [-0.2, 0) is 26.8 Å². The molecular formula is C27H35N7O3. The Hall–Kier alpha value is -3.74. The van der Waals surface area contributed by atoms with E-state index in [4.69, 9.17) is 6.57 Å². The summed E-state index contributed by atoms with van der Waals surface area (Å²) in [5, 5.41) is 11.1. The average molecular weight is 506 g/mol. The van der Waals surface area contributed by atoms with Crippen molar-refractivity contribution in [1.29, 1.82) is 0 Å². The van der Waals surface area contributed by atoms with Gasteiger partial charge in [-0.15, -0.1) is 5.10 Å². The minimum atomic E-state index is -0.966. The second-order valence-corrected chi connectivity index (χ2v) is 11.0. The lowest BCUT2D eigenvalue weighted by Gasteiger charge is -2.34. The van der Waals surface area contributed by atoms with Gasteiger partial charge in [0.1, 0.15) is 11.5 Å². The van der Waals surface area contributed by atoms with E-state index in [2.05, 4.69) is 20.5 Å². The lowest BCUT2D eigenvalue weighted by atomic mass is 9.80. The number of benzene rings is 1. The third-order valence-electron chi connectivity index (χ3n) is 7.56. The molecule has 0 radical (unpaired) electrons. The number of aromatic nitrogens is 3. The number of fused-ring (bicyclic) bond motifs is 2. The maximum atomic E-state index is 14.1. The van der Waals surface area contributed by atoms with Gasteiger partial charge in [0.05, 0.1) is 18.0 Å². The van der Waals surface area contributed by atoms with Gasteiger partial charge in [-0.3, -0.25) is 28.8 Å². The van der Waals surface area contributed by atoms with Gasteiger partial charge >= 0.3 is 6.17 Å². The summed E-state index contributed by atoms with van der Waals surface area (Å²) in [6.07, 6.45) is 1.60. The largest absolute Gasteiger partial charge is 0.333 e. The van der Waals surface area contributed by atoms with Crippen molar-refractivity contribution in [2.75, 3.05) is 18.9 Å². The molecule has 10 nitrogen and oxygen atoms in total. The number of aryl methyl sites for hydroxylation is 1. The highest BCUT2D eigenvalue weighted by Crippen LogP contribution is 2.47. The molecule has 0 unspecified atom stereocenters. The summed E-state index contributed by atoms with van der Waals surface area (Å²) >= 11 is 0. The maximum Gasteiger partial charge on any atom is 0.302 e. The van der Waals surface area contributed by atoms with E-state index < -0.39 is 23.5 Å². The fraction of sp³-hybridized carbons (Fsp3) is 0.556. The van der Waals surface area contributed by atoms with Gasteiger partial charge in [0.25, 0.3) is 5.91 Å². The number of para-hydroxylation sites is 1. The Morgan fingerprint density at radius 2 is 1.97 bits per heavy atom. The summed E-state index contributed by atoms with van der Waals surface area (Å²) in [5.74, 6) is -1.21. The van der Waals surface area contributed by atoms with Crippen LogP contribution in [0, 0.1) is 18.4 Å². The number of nitrogens with one attached hydrogen (secondary N) is 1. The van der Waals surface area contributed by atoms with Gasteiger partial charge in [-0.25, -0.2) is 6.57 Å². The molecule has 2 aromatic rings. The second-order valence-electron chi connectivity index (χ2n) is 11.0. The molecule has 4 atom stereocenters. The summed E-state index contributed by atoms with van der Waals surface area (Å²) in [5.41, 5.74) is 1.13. The number of nitrogens with zero attached hydrogens (tertiary/aromatic N) is 6. The Morgan fingerprint density at radius 3 is 2.57 bits per heavy atom. The Balaban J connectivity index is 1.66. The molecule has 10 heteroatoms. The number of anilines is 1. The molecule has 1 N–H and O–H groups in total. The number of likely N-dealkylation sites (N-methyl/N-ethyl adjacent to an activating group) is 1. The van der Waals surface area contributed by atoms with Crippen LogP contribution in [0.25, 0.3) is 4.85 Å². The van der Waals surface area contributed by atoms with E-state index in [9.17, 15) is 14.4 Å². The van der Waals surface area contributed by atoms with Gasteiger partial charge in [0, 0.05) is 32.5 Å². The van der Waals surface area contributed by atoms with E-state index in [-0.39, 0.29) is 42.5 Å². The summed E-state index contributed by atoms with van der Waals surface area (Å²) < 4.78 is 1.56. The molecule has 3 amide bonds. The quantitative estimate of drug-likeness (QED) is 0.583. The van der Waals surface area contributed by atoms with E-state index in [0.717, 1.165) is 11.3 Å². The number of carbonyl (C=O) groups is 3. The summed E-state index contributed by atoms with van der Waals surface area (Å²) in [6.45, 7) is 15.8. The normalized spacial score (nSPS) is 22.2. The Bertz CT molecular complexity index is 1250. The zero-order chi connectivity index (χ0) is 27.1. The molecule has 2 aliphatic heterocycles. The Morgan fingerprint density at radius 1 is 1.27 bits per heavy atom. The van der Waals surface area contributed by atoms with Crippen molar-refractivity contribution in [1.82, 2.24) is 24.8 Å². The first-order chi connectivity index (χ1) is 17.5. The molecule has 0 bridgehead atoms. The molecule has 2 aliphatic rings. The lowest BCUT2D eigenvalue weighted by molar-refractivity contribution is -0.147. The molecule has 0 saturated carbocycles. The fourth-order valence-corrected chi connectivity index (χ4v) is 5.65. The van der Waals surface area contributed by atoms with Crippen molar-refractivity contribution in [2.45, 2.75) is 64.1 Å². The average Bonchev–Trinajstić information content (AvgIpc) is 3.53. The predicted molar refractivity (Wildman–Crippen MR) is 138 cm³/mol. The van der Waals surface area contributed by atoms with Gasteiger partial charge in [0.2, 0.25) is 11.8 Å². The number of carbonyl (C=O) groups excluding carboxylic acids is 3. The van der Waals surface area contributed by atoms with Crippen LogP contribution >= 0.6 is 0 Å². The van der Waals surface area contributed by atoms with Crippen LogP contribution in [-0.4, -0.2) is 68.3 Å². The predicted octanol–water partition coefficient (Wildman–Crippen LogP) is 2.80. The second kappa shape index (κ2) is 9.96. The van der Waals surface area contributed by atoms with Crippen LogP contribution in [0.1, 0.15) is 57.7 Å². The first kappa shape index (κ1) is 26.3. The first-order valence-electron chi connectivity index (χ1n) is 12.7. The minimum absolute atomic E-state index is 0.0637. The number of likely N-dealkylation sites (tertiary alicyclic amines) is 1. The monoisotopic (exact) mass is 505 g/mol. The molecule has 1 saturated heterocycles. The van der Waals surface area contributed by atoms with E-state index in [0.29, 0.717) is 12.1 Å². The van der Waals surface area contributed by atoms with Crippen LogP contribution < -0.4 is 5.32 Å². The van der Waals surface area contributed by atoms with Crippen molar-refractivity contribution >= 4 is 23.4 Å². The van der Waals surface area contributed by atoms with E-state index in [1.807, 2.05) is 52.0 Å². The molecule has 0 aliphatic carbocycles. The highest BCUT2D eigenvalue weighted by molar-refractivity contribution is 6.07. The van der Waals surface area contributed by atoms with Crippen LogP contribution in [0.5, 0.6) is 0 Å². The SMILES string of the molecule is [C-]#[N+][C@@H]1C[C@@]2(CN1C(=O)[C@H](CC(C)C)N(C)C(=O)[C@H](c1cn(C)nn1)C(C)C)C(=O)Nc1ccccc12. The van der Waals surface area contributed by atoms with Gasteiger partial charge in [-0.05, 0) is 29.9 Å². The standard InChI is InChI=1S/C27H35N7O3/c1-16(2)12-21(33(7)25(36)23(17(3)4)20-14-32(6)31-30-20)24(35)34-15-27(13-22(34)28-5)18-10-8-9-11-19(18)29-26(27)37/h8-11,14,16-17,21-23H,12-13,15H2,1-4,6-7H3,(H,29,37)/t21-,22-,23-,27-/m0/s1. The first-order valence-corrected chi connectivity index (χ1v) is 12.7. The van der Waals surface area contributed by atoms with Crippen LogP contribution in [0.3, 0.4) is 0 Å². The third kappa shape index (κ3) is 4.59. The van der Waals surface area contributed by atoms with Crippen molar-refractivity contribution in [3.05, 3.63) is 53.1 Å². The maximum absolute atomic E-state index is 14.1. The fourth-order valence-electron chi connectivity index (χ4n) is 5.65. The molecule has 1 aromatic heterocycles. The zero-order valence-corrected chi connectivity index (χ0v) is 22.3. The number of amides is 3.